The second-order valence-electron chi connectivity index (χ2n) is 5.96. The van der Waals surface area contributed by atoms with Crippen LogP contribution >= 0.6 is 11.8 Å². The highest BCUT2D eigenvalue weighted by molar-refractivity contribution is 8.00. The number of rotatable bonds is 7. The van der Waals surface area contributed by atoms with Crippen LogP contribution in [0.2, 0.25) is 0 Å². The van der Waals surface area contributed by atoms with Gasteiger partial charge in [0.2, 0.25) is 0 Å². The quantitative estimate of drug-likeness (QED) is 0.556. The van der Waals surface area contributed by atoms with Crippen LogP contribution in [0.5, 0.6) is 0 Å². The zero-order chi connectivity index (χ0) is 16.0. The molecule has 1 aliphatic rings. The summed E-state index contributed by atoms with van der Waals surface area (Å²) >= 11 is 1.72. The molecule has 1 fully saturated rings. The van der Waals surface area contributed by atoms with Gasteiger partial charge in [-0.25, -0.2) is 0 Å². The number of ether oxygens (including phenoxy) is 1. The van der Waals surface area contributed by atoms with Gasteiger partial charge in [-0.05, 0) is 38.3 Å². The fraction of sp³-hybridized carbons (Fsp3) is 0.556. The lowest BCUT2D eigenvalue weighted by Crippen LogP contribution is -2.34. The van der Waals surface area contributed by atoms with Gasteiger partial charge in [-0.3, -0.25) is 9.59 Å². The van der Waals surface area contributed by atoms with Crippen molar-refractivity contribution in [3.63, 3.8) is 0 Å². The van der Waals surface area contributed by atoms with Crippen LogP contribution in [0.25, 0.3) is 0 Å². The van der Waals surface area contributed by atoms with Gasteiger partial charge >= 0.3 is 5.97 Å². The highest BCUT2D eigenvalue weighted by Crippen LogP contribution is 2.46. The maximum absolute atomic E-state index is 12.4. The number of esters is 1. The minimum atomic E-state index is -0.326. The lowest BCUT2D eigenvalue weighted by Gasteiger charge is -2.32. The Labute approximate surface area is 136 Å². The molecule has 0 radical (unpaired) electrons. The highest BCUT2D eigenvalue weighted by atomic mass is 32.2. The molecule has 4 heteroatoms. The Morgan fingerprint density at radius 2 is 2.09 bits per heavy atom. The van der Waals surface area contributed by atoms with Crippen molar-refractivity contribution in [2.24, 2.45) is 5.41 Å². The number of benzene rings is 1. The summed E-state index contributed by atoms with van der Waals surface area (Å²) < 4.78 is 5.03. The first-order valence-corrected chi connectivity index (χ1v) is 8.85. The number of ketones is 1. The first-order chi connectivity index (χ1) is 10.6. The van der Waals surface area contributed by atoms with E-state index in [-0.39, 0.29) is 16.6 Å². The van der Waals surface area contributed by atoms with Crippen molar-refractivity contribution in [2.75, 3.05) is 6.61 Å². The van der Waals surface area contributed by atoms with Gasteiger partial charge in [0, 0.05) is 28.4 Å². The molecule has 0 bridgehead atoms. The average molecular weight is 320 g/mol. The van der Waals surface area contributed by atoms with E-state index in [1.54, 1.807) is 11.8 Å². The predicted octanol–water partition coefficient (Wildman–Crippen LogP) is 4.25. The summed E-state index contributed by atoms with van der Waals surface area (Å²) in [5.74, 6) is 0.167. The van der Waals surface area contributed by atoms with Gasteiger partial charge in [-0.1, -0.05) is 25.1 Å². The Hall–Kier alpha value is -1.29. The van der Waals surface area contributed by atoms with E-state index in [1.165, 1.54) is 0 Å². The Morgan fingerprint density at radius 1 is 1.36 bits per heavy atom. The smallest absolute Gasteiger partial charge is 0.305 e. The first kappa shape index (κ1) is 17.1. The van der Waals surface area contributed by atoms with E-state index < -0.39 is 0 Å². The molecule has 1 aromatic carbocycles. The van der Waals surface area contributed by atoms with E-state index in [1.807, 2.05) is 25.1 Å². The van der Waals surface area contributed by atoms with Crippen LogP contribution in [0.3, 0.4) is 0 Å². The summed E-state index contributed by atoms with van der Waals surface area (Å²) in [5, 5.41) is 0.120. The van der Waals surface area contributed by atoms with Crippen molar-refractivity contribution in [1.29, 1.82) is 0 Å². The summed E-state index contributed by atoms with van der Waals surface area (Å²) in [6, 6.07) is 10.1. The van der Waals surface area contributed by atoms with Crippen molar-refractivity contribution in [3.05, 3.63) is 30.3 Å². The molecule has 22 heavy (non-hydrogen) atoms. The van der Waals surface area contributed by atoms with E-state index in [4.69, 9.17) is 4.74 Å². The molecular weight excluding hydrogens is 296 g/mol. The number of thioether (sulfide) groups is 1. The van der Waals surface area contributed by atoms with Gasteiger partial charge in [0.25, 0.3) is 0 Å². The van der Waals surface area contributed by atoms with E-state index in [2.05, 4.69) is 19.1 Å². The molecular formula is C18H24O3S. The number of hydrogen-bond acceptors (Lipinski definition) is 4. The fourth-order valence-corrected chi connectivity index (χ4v) is 4.42. The van der Waals surface area contributed by atoms with Gasteiger partial charge in [0.1, 0.15) is 5.78 Å². The zero-order valence-electron chi connectivity index (χ0n) is 13.3. The standard InChI is InChI=1S/C18H24O3S/c1-3-21-17(20)12-11-16(18(2)13-7-10-15(18)19)22-14-8-5-4-6-9-14/h4-6,8-9,16H,3,7,10-13H2,1-2H3. The average Bonchev–Trinajstić information content (AvgIpc) is 2.85. The van der Waals surface area contributed by atoms with Gasteiger partial charge < -0.3 is 4.74 Å². The van der Waals surface area contributed by atoms with Crippen LogP contribution in [0.15, 0.2) is 35.2 Å². The van der Waals surface area contributed by atoms with Crippen molar-refractivity contribution < 1.29 is 14.3 Å². The van der Waals surface area contributed by atoms with Crippen molar-refractivity contribution in [3.8, 4) is 0 Å². The zero-order valence-corrected chi connectivity index (χ0v) is 14.2. The van der Waals surface area contributed by atoms with Crippen LogP contribution in [0.1, 0.15) is 46.0 Å². The Morgan fingerprint density at radius 3 is 2.68 bits per heavy atom. The van der Waals surface area contributed by atoms with E-state index in [9.17, 15) is 9.59 Å². The van der Waals surface area contributed by atoms with Gasteiger partial charge in [-0.15, -0.1) is 11.8 Å². The topological polar surface area (TPSA) is 43.4 Å². The molecule has 1 saturated carbocycles. The van der Waals surface area contributed by atoms with E-state index in [0.717, 1.165) is 17.7 Å². The third-order valence-corrected chi connectivity index (χ3v) is 5.97. The van der Waals surface area contributed by atoms with Gasteiger partial charge in [0.15, 0.2) is 0 Å². The molecule has 2 atom stereocenters. The molecule has 0 aromatic heterocycles. The lowest BCUT2D eigenvalue weighted by atomic mass is 9.82. The highest BCUT2D eigenvalue weighted by Gasteiger charge is 2.44. The Bertz CT molecular complexity index is 514. The summed E-state index contributed by atoms with van der Waals surface area (Å²) in [7, 11) is 0. The minimum absolute atomic E-state index is 0.120. The summed E-state index contributed by atoms with van der Waals surface area (Å²) in [6.45, 7) is 4.29. The lowest BCUT2D eigenvalue weighted by molar-refractivity contribution is -0.143. The molecule has 0 aliphatic heterocycles. The summed E-state index contributed by atoms with van der Waals surface area (Å²) in [6.07, 6.45) is 3.60. The minimum Gasteiger partial charge on any atom is -0.466 e. The number of hydrogen-bond donors (Lipinski definition) is 0. The molecule has 120 valence electrons. The van der Waals surface area contributed by atoms with E-state index in [0.29, 0.717) is 31.7 Å². The summed E-state index contributed by atoms with van der Waals surface area (Å²) in [4.78, 5) is 25.2. The number of carbonyl (C=O) groups is 2. The van der Waals surface area contributed by atoms with Gasteiger partial charge in [-0.2, -0.15) is 0 Å². The maximum Gasteiger partial charge on any atom is 0.305 e. The van der Waals surface area contributed by atoms with Crippen LogP contribution in [0, 0.1) is 5.41 Å². The second kappa shape index (κ2) is 7.82. The van der Waals surface area contributed by atoms with Crippen molar-refractivity contribution >= 4 is 23.5 Å². The fourth-order valence-electron chi connectivity index (χ4n) is 3.03. The SMILES string of the molecule is CCOC(=O)CCC(Sc1ccccc1)C1(C)CCCC1=O. The van der Waals surface area contributed by atoms with Crippen LogP contribution in [-0.2, 0) is 14.3 Å². The molecule has 3 nitrogen and oxygen atoms in total. The largest absolute Gasteiger partial charge is 0.466 e. The monoisotopic (exact) mass is 320 g/mol. The molecule has 1 aliphatic carbocycles. The van der Waals surface area contributed by atoms with E-state index >= 15 is 0 Å². The van der Waals surface area contributed by atoms with Crippen LogP contribution in [-0.4, -0.2) is 23.6 Å². The maximum atomic E-state index is 12.4. The predicted molar refractivity (Wildman–Crippen MR) is 88.9 cm³/mol. The normalized spacial score (nSPS) is 22.5. The van der Waals surface area contributed by atoms with Crippen molar-refractivity contribution in [1.82, 2.24) is 0 Å². The Balaban J connectivity index is 2.10. The number of Topliss-reactive ketones (excluding diaryl/α,β-unsaturated/α-hetero) is 1. The first-order valence-electron chi connectivity index (χ1n) is 7.97. The molecule has 0 amide bonds. The Kier molecular flexibility index (Phi) is 6.07. The third kappa shape index (κ3) is 4.13. The summed E-state index contributed by atoms with van der Waals surface area (Å²) in [5.41, 5.74) is -0.326. The van der Waals surface area contributed by atoms with Crippen LogP contribution < -0.4 is 0 Å². The molecule has 0 spiro atoms. The van der Waals surface area contributed by atoms with Crippen LogP contribution in [0.4, 0.5) is 0 Å². The molecule has 0 saturated heterocycles. The molecule has 0 N–H and O–H groups in total. The number of carbonyl (C=O) groups excluding carboxylic acids is 2. The molecule has 2 unspecified atom stereocenters. The van der Waals surface area contributed by atoms with Gasteiger partial charge in [0.05, 0.1) is 6.61 Å². The van der Waals surface area contributed by atoms with Crippen molar-refractivity contribution in [2.45, 2.75) is 56.1 Å². The third-order valence-electron chi connectivity index (χ3n) is 4.39. The molecule has 0 heterocycles. The second-order valence-corrected chi connectivity index (χ2v) is 7.23. The molecule has 1 aromatic rings. The molecule has 2 rings (SSSR count).